The minimum absolute atomic E-state index is 0.248. The standard InChI is InChI=1S/C18H20ClFN6/c1-2-16-22-23-18-17(21-6-7-26(16)18)25-10-8-24(9-11-25)12-13-14(19)4-3-5-15(13)20/h3-7H,2,8-12H2,1H3. The molecule has 1 saturated heterocycles. The van der Waals surface area contributed by atoms with Gasteiger partial charge in [-0.1, -0.05) is 24.6 Å². The summed E-state index contributed by atoms with van der Waals surface area (Å²) >= 11 is 6.15. The van der Waals surface area contributed by atoms with Crippen molar-refractivity contribution in [1.29, 1.82) is 0 Å². The molecule has 3 heterocycles. The van der Waals surface area contributed by atoms with Crippen molar-refractivity contribution in [1.82, 2.24) is 24.5 Å². The second kappa shape index (κ2) is 7.17. The fourth-order valence-corrected chi connectivity index (χ4v) is 3.57. The van der Waals surface area contributed by atoms with Gasteiger partial charge in [0.05, 0.1) is 0 Å². The maximum Gasteiger partial charge on any atom is 0.203 e. The molecule has 8 heteroatoms. The first kappa shape index (κ1) is 17.2. The van der Waals surface area contributed by atoms with E-state index < -0.39 is 0 Å². The van der Waals surface area contributed by atoms with E-state index in [1.165, 1.54) is 6.07 Å². The van der Waals surface area contributed by atoms with Crippen LogP contribution in [0.2, 0.25) is 5.02 Å². The lowest BCUT2D eigenvalue weighted by Gasteiger charge is -2.35. The number of aryl methyl sites for hydroxylation is 1. The van der Waals surface area contributed by atoms with Crippen LogP contribution in [0.5, 0.6) is 0 Å². The fraction of sp³-hybridized carbons (Fsp3) is 0.389. The first-order valence-electron chi connectivity index (χ1n) is 8.76. The summed E-state index contributed by atoms with van der Waals surface area (Å²) in [5.41, 5.74) is 1.35. The third kappa shape index (κ3) is 3.12. The van der Waals surface area contributed by atoms with E-state index in [1.54, 1.807) is 18.3 Å². The summed E-state index contributed by atoms with van der Waals surface area (Å²) in [6.07, 6.45) is 4.51. The highest BCUT2D eigenvalue weighted by atomic mass is 35.5. The number of halogens is 2. The monoisotopic (exact) mass is 374 g/mol. The first-order valence-corrected chi connectivity index (χ1v) is 9.14. The summed E-state index contributed by atoms with van der Waals surface area (Å²) in [5, 5.41) is 9.02. The highest BCUT2D eigenvalue weighted by Gasteiger charge is 2.22. The molecule has 1 aliphatic heterocycles. The SMILES string of the molecule is CCc1nnc2c(N3CCN(Cc4c(F)cccc4Cl)CC3)nccn12. The molecule has 0 unspecified atom stereocenters. The number of anilines is 1. The van der Waals surface area contributed by atoms with Crippen molar-refractivity contribution in [2.24, 2.45) is 0 Å². The van der Waals surface area contributed by atoms with E-state index in [0.29, 0.717) is 17.1 Å². The molecule has 4 rings (SSSR count). The van der Waals surface area contributed by atoms with Gasteiger partial charge in [0, 0.05) is 62.1 Å². The Hall–Kier alpha value is -2.25. The molecule has 0 saturated carbocycles. The molecule has 0 radical (unpaired) electrons. The van der Waals surface area contributed by atoms with Crippen molar-refractivity contribution < 1.29 is 4.39 Å². The number of hydrogen-bond donors (Lipinski definition) is 0. The predicted octanol–water partition coefficient (Wildman–Crippen LogP) is 2.80. The number of hydrogen-bond acceptors (Lipinski definition) is 5. The van der Waals surface area contributed by atoms with Gasteiger partial charge in [0.2, 0.25) is 5.65 Å². The summed E-state index contributed by atoms with van der Waals surface area (Å²) in [7, 11) is 0. The van der Waals surface area contributed by atoms with Gasteiger partial charge in [-0.3, -0.25) is 9.30 Å². The van der Waals surface area contributed by atoms with E-state index in [9.17, 15) is 4.39 Å². The minimum Gasteiger partial charge on any atom is -0.351 e. The Balaban J connectivity index is 1.48. The molecule has 1 aliphatic rings. The Bertz CT molecular complexity index is 899. The average Bonchev–Trinajstić information content (AvgIpc) is 3.09. The van der Waals surface area contributed by atoms with Crippen LogP contribution in [0.25, 0.3) is 5.65 Å². The van der Waals surface area contributed by atoms with Gasteiger partial charge in [-0.15, -0.1) is 10.2 Å². The third-order valence-corrected chi connectivity index (χ3v) is 5.16. The third-order valence-electron chi connectivity index (χ3n) is 4.81. The second-order valence-corrected chi connectivity index (χ2v) is 6.78. The molecule has 136 valence electrons. The molecule has 0 bridgehead atoms. The molecule has 0 spiro atoms. The zero-order valence-corrected chi connectivity index (χ0v) is 15.3. The molecule has 1 fully saturated rings. The highest BCUT2D eigenvalue weighted by Crippen LogP contribution is 2.23. The quantitative estimate of drug-likeness (QED) is 0.702. The van der Waals surface area contributed by atoms with Crippen LogP contribution in [-0.4, -0.2) is 50.7 Å². The second-order valence-electron chi connectivity index (χ2n) is 6.38. The van der Waals surface area contributed by atoms with Gasteiger partial charge in [0.15, 0.2) is 5.82 Å². The maximum absolute atomic E-state index is 14.0. The van der Waals surface area contributed by atoms with E-state index >= 15 is 0 Å². The van der Waals surface area contributed by atoms with Crippen LogP contribution in [-0.2, 0) is 13.0 Å². The molecular formula is C18H20ClFN6. The number of piperazine rings is 1. The number of rotatable bonds is 4. The zero-order valence-electron chi connectivity index (χ0n) is 14.6. The van der Waals surface area contributed by atoms with Crippen molar-refractivity contribution in [2.45, 2.75) is 19.9 Å². The van der Waals surface area contributed by atoms with E-state index in [4.69, 9.17) is 11.6 Å². The predicted molar refractivity (Wildman–Crippen MR) is 99.1 cm³/mol. The van der Waals surface area contributed by atoms with Crippen molar-refractivity contribution in [3.63, 3.8) is 0 Å². The van der Waals surface area contributed by atoms with Gasteiger partial charge in [-0.05, 0) is 12.1 Å². The fourth-order valence-electron chi connectivity index (χ4n) is 3.35. The first-order chi connectivity index (χ1) is 12.7. The number of benzene rings is 1. The summed E-state index contributed by atoms with van der Waals surface area (Å²) in [6.45, 7) is 5.79. The van der Waals surface area contributed by atoms with Crippen LogP contribution in [0.1, 0.15) is 18.3 Å². The van der Waals surface area contributed by atoms with Crippen molar-refractivity contribution in [2.75, 3.05) is 31.1 Å². The Morgan fingerprint density at radius 1 is 1.15 bits per heavy atom. The Morgan fingerprint density at radius 2 is 1.96 bits per heavy atom. The van der Waals surface area contributed by atoms with Crippen LogP contribution in [0.3, 0.4) is 0 Å². The molecule has 3 aromatic rings. The van der Waals surface area contributed by atoms with Crippen LogP contribution >= 0.6 is 11.6 Å². The van der Waals surface area contributed by atoms with Crippen molar-refractivity contribution in [3.05, 3.63) is 52.8 Å². The molecule has 2 aromatic heterocycles. The lowest BCUT2D eigenvalue weighted by atomic mass is 10.2. The summed E-state index contributed by atoms with van der Waals surface area (Å²) < 4.78 is 16.0. The molecule has 1 aromatic carbocycles. The van der Waals surface area contributed by atoms with Gasteiger partial charge in [-0.2, -0.15) is 0 Å². The van der Waals surface area contributed by atoms with E-state index in [2.05, 4.69) is 31.9 Å². The topological polar surface area (TPSA) is 49.6 Å². The average molecular weight is 375 g/mol. The summed E-state index contributed by atoms with van der Waals surface area (Å²) in [4.78, 5) is 8.94. The highest BCUT2D eigenvalue weighted by molar-refractivity contribution is 6.31. The minimum atomic E-state index is -0.248. The number of fused-ring (bicyclic) bond motifs is 1. The van der Waals surface area contributed by atoms with E-state index in [-0.39, 0.29) is 5.82 Å². The lowest BCUT2D eigenvalue weighted by molar-refractivity contribution is 0.246. The Morgan fingerprint density at radius 3 is 2.69 bits per heavy atom. The Kier molecular flexibility index (Phi) is 4.74. The van der Waals surface area contributed by atoms with Gasteiger partial charge >= 0.3 is 0 Å². The van der Waals surface area contributed by atoms with Gasteiger partial charge in [-0.25, -0.2) is 9.37 Å². The van der Waals surface area contributed by atoms with Gasteiger partial charge in [0.25, 0.3) is 0 Å². The van der Waals surface area contributed by atoms with Crippen molar-refractivity contribution in [3.8, 4) is 0 Å². The van der Waals surface area contributed by atoms with Crippen LogP contribution in [0.4, 0.5) is 10.2 Å². The molecule has 0 amide bonds. The van der Waals surface area contributed by atoms with Crippen molar-refractivity contribution >= 4 is 23.1 Å². The summed E-state index contributed by atoms with van der Waals surface area (Å²) in [6, 6.07) is 4.82. The van der Waals surface area contributed by atoms with Crippen LogP contribution < -0.4 is 4.90 Å². The lowest BCUT2D eigenvalue weighted by Crippen LogP contribution is -2.46. The van der Waals surface area contributed by atoms with E-state index in [1.807, 2.05) is 10.6 Å². The molecule has 26 heavy (non-hydrogen) atoms. The molecule has 0 aliphatic carbocycles. The van der Waals surface area contributed by atoms with Gasteiger partial charge in [0.1, 0.15) is 11.6 Å². The number of aromatic nitrogens is 4. The smallest absolute Gasteiger partial charge is 0.203 e. The van der Waals surface area contributed by atoms with Crippen LogP contribution in [0.15, 0.2) is 30.6 Å². The molecule has 6 nitrogen and oxygen atoms in total. The molecule has 0 atom stereocenters. The summed E-state index contributed by atoms with van der Waals surface area (Å²) in [5.74, 6) is 1.53. The van der Waals surface area contributed by atoms with Gasteiger partial charge < -0.3 is 4.90 Å². The number of nitrogens with zero attached hydrogens (tertiary/aromatic N) is 6. The van der Waals surface area contributed by atoms with E-state index in [0.717, 1.165) is 49.9 Å². The Labute approximate surface area is 156 Å². The van der Waals surface area contributed by atoms with Crippen LogP contribution in [0, 0.1) is 5.82 Å². The largest absolute Gasteiger partial charge is 0.351 e. The molecular weight excluding hydrogens is 355 g/mol. The normalized spacial score (nSPS) is 15.7. The zero-order chi connectivity index (χ0) is 18.1. The maximum atomic E-state index is 14.0. The molecule has 0 N–H and O–H groups in total.